The molecule has 3 N–H and O–H groups in total. The minimum absolute atomic E-state index is 0.0602. The summed E-state index contributed by atoms with van der Waals surface area (Å²) in [5.74, 6) is 0.832. The summed E-state index contributed by atoms with van der Waals surface area (Å²) >= 11 is 0. The number of fused-ring (bicyclic) bond motifs is 1. The summed E-state index contributed by atoms with van der Waals surface area (Å²) in [5.41, 5.74) is 3.70. The van der Waals surface area contributed by atoms with E-state index in [1.165, 1.54) is 24.3 Å². The normalized spacial score (nSPS) is 11.5. The maximum Gasteiger partial charge on any atom is 0.238 e. The van der Waals surface area contributed by atoms with Gasteiger partial charge in [0.05, 0.1) is 16.1 Å². The molecule has 0 radical (unpaired) electrons. The van der Waals surface area contributed by atoms with E-state index in [9.17, 15) is 12.8 Å². The zero-order valence-corrected chi connectivity index (χ0v) is 19.7. The molecule has 0 aliphatic heterocycles. The number of nitrogens with one attached hydrogen (secondary N) is 1. The first-order chi connectivity index (χ1) is 16.3. The molecule has 0 spiro atoms. The van der Waals surface area contributed by atoms with Crippen LogP contribution in [0.3, 0.4) is 0 Å². The lowest BCUT2D eigenvalue weighted by Gasteiger charge is -2.22. The molecule has 0 bridgehead atoms. The van der Waals surface area contributed by atoms with Crippen LogP contribution < -0.4 is 15.4 Å². The molecule has 0 atom stereocenters. The Hall–Kier alpha value is -3.63. The quantitative estimate of drug-likeness (QED) is 0.393. The van der Waals surface area contributed by atoms with Crippen LogP contribution in [0, 0.1) is 5.82 Å². The Bertz CT molecular complexity index is 1410. The van der Waals surface area contributed by atoms with E-state index < -0.39 is 10.0 Å². The molecule has 0 saturated carbocycles. The van der Waals surface area contributed by atoms with Gasteiger partial charge in [-0.3, -0.25) is 0 Å². The molecule has 0 aliphatic rings. The topological polar surface area (TPSA) is 114 Å². The molecular weight excluding hydrogens is 455 g/mol. The van der Waals surface area contributed by atoms with Gasteiger partial charge in [-0.15, -0.1) is 0 Å². The molecule has 0 fully saturated rings. The molecule has 34 heavy (non-hydrogen) atoms. The predicted octanol–water partition coefficient (Wildman–Crippen LogP) is 3.94. The predicted molar refractivity (Wildman–Crippen MR) is 131 cm³/mol. The largest absolute Gasteiger partial charge is 0.355 e. The zero-order chi connectivity index (χ0) is 24.3. The maximum absolute atomic E-state index is 13.3. The van der Waals surface area contributed by atoms with Gasteiger partial charge >= 0.3 is 0 Å². The molecular formula is C24H25FN6O2S. The molecule has 0 amide bonds. The minimum atomic E-state index is -3.73. The van der Waals surface area contributed by atoms with E-state index in [1.807, 2.05) is 26.0 Å². The van der Waals surface area contributed by atoms with Gasteiger partial charge in [0.1, 0.15) is 11.3 Å². The number of anilines is 2. The van der Waals surface area contributed by atoms with Crippen molar-refractivity contribution in [2.24, 2.45) is 5.14 Å². The fourth-order valence-corrected chi connectivity index (χ4v) is 4.10. The average molecular weight is 481 g/mol. The van der Waals surface area contributed by atoms with E-state index in [4.69, 9.17) is 15.1 Å². The van der Waals surface area contributed by atoms with Crippen LogP contribution in [0.1, 0.15) is 19.4 Å². The van der Waals surface area contributed by atoms with Crippen molar-refractivity contribution >= 4 is 32.8 Å². The molecule has 2 heterocycles. The second-order valence-electron chi connectivity index (χ2n) is 7.66. The first-order valence-electron chi connectivity index (χ1n) is 10.8. The molecule has 4 rings (SSSR count). The van der Waals surface area contributed by atoms with Gasteiger partial charge in [0.15, 0.2) is 5.82 Å². The SMILES string of the molecule is CCN(CC)c1nc(NCc2ccc(S(N)(=O)=O)cc2)nc2ccc(-c3ccc(F)cc3)nc12. The number of primary sulfonamides is 1. The number of pyridine rings is 1. The molecule has 176 valence electrons. The molecule has 0 unspecified atom stereocenters. The number of hydrogen-bond donors (Lipinski definition) is 2. The van der Waals surface area contributed by atoms with Crippen molar-refractivity contribution in [1.29, 1.82) is 0 Å². The van der Waals surface area contributed by atoms with Crippen LogP contribution in [-0.2, 0) is 16.6 Å². The lowest BCUT2D eigenvalue weighted by Crippen LogP contribution is -2.24. The summed E-state index contributed by atoms with van der Waals surface area (Å²) < 4.78 is 36.2. The van der Waals surface area contributed by atoms with E-state index in [-0.39, 0.29) is 10.7 Å². The number of hydrogen-bond acceptors (Lipinski definition) is 7. The minimum Gasteiger partial charge on any atom is -0.355 e. The number of halogens is 1. The van der Waals surface area contributed by atoms with E-state index >= 15 is 0 Å². The molecule has 4 aromatic rings. The molecule has 8 nitrogen and oxygen atoms in total. The van der Waals surface area contributed by atoms with Gasteiger partial charge in [0, 0.05) is 25.2 Å². The van der Waals surface area contributed by atoms with Crippen molar-refractivity contribution in [3.05, 3.63) is 72.0 Å². The number of nitrogens with two attached hydrogens (primary N) is 1. The zero-order valence-electron chi connectivity index (χ0n) is 18.9. The Kier molecular flexibility index (Phi) is 6.71. The number of benzene rings is 2. The van der Waals surface area contributed by atoms with Gasteiger partial charge in [-0.25, -0.2) is 27.9 Å². The second kappa shape index (κ2) is 9.70. The van der Waals surface area contributed by atoms with Crippen molar-refractivity contribution in [2.75, 3.05) is 23.3 Å². The van der Waals surface area contributed by atoms with Gasteiger partial charge in [-0.05, 0) is 67.9 Å². The van der Waals surface area contributed by atoms with Crippen LogP contribution in [0.15, 0.2) is 65.6 Å². The molecule has 0 saturated heterocycles. The van der Waals surface area contributed by atoms with Crippen molar-refractivity contribution in [3.8, 4) is 11.3 Å². The van der Waals surface area contributed by atoms with Crippen molar-refractivity contribution in [1.82, 2.24) is 15.0 Å². The second-order valence-corrected chi connectivity index (χ2v) is 9.22. The average Bonchev–Trinajstić information content (AvgIpc) is 2.83. The molecule has 0 aliphatic carbocycles. The monoisotopic (exact) mass is 480 g/mol. The number of sulfonamides is 1. The molecule has 10 heteroatoms. The highest BCUT2D eigenvalue weighted by atomic mass is 32.2. The van der Waals surface area contributed by atoms with Gasteiger partial charge in [0.25, 0.3) is 0 Å². The third-order valence-electron chi connectivity index (χ3n) is 5.43. The lowest BCUT2D eigenvalue weighted by atomic mass is 10.1. The highest BCUT2D eigenvalue weighted by Crippen LogP contribution is 2.27. The fraction of sp³-hybridized carbons (Fsp3) is 0.208. The standard InChI is InChI=1S/C24H25FN6O2S/c1-3-31(4-2)23-22-21(14-13-20(28-22)17-7-9-18(25)10-8-17)29-24(30-23)27-15-16-5-11-19(12-6-16)34(26,32)33/h5-14H,3-4,15H2,1-2H3,(H2,26,32,33)(H,27,29,30). The summed E-state index contributed by atoms with van der Waals surface area (Å²) in [5, 5.41) is 8.37. The van der Waals surface area contributed by atoms with E-state index in [0.717, 1.165) is 24.2 Å². The fourth-order valence-electron chi connectivity index (χ4n) is 3.58. The highest BCUT2D eigenvalue weighted by molar-refractivity contribution is 7.89. The number of rotatable bonds is 8. The summed E-state index contributed by atoms with van der Waals surface area (Å²) in [6.45, 7) is 5.96. The third-order valence-corrected chi connectivity index (χ3v) is 6.36. The summed E-state index contributed by atoms with van der Waals surface area (Å²) in [6.07, 6.45) is 0. The van der Waals surface area contributed by atoms with Crippen LogP contribution in [0.25, 0.3) is 22.3 Å². The molecule has 2 aromatic carbocycles. The van der Waals surface area contributed by atoms with Crippen LogP contribution in [0.5, 0.6) is 0 Å². The van der Waals surface area contributed by atoms with Gasteiger partial charge in [-0.2, -0.15) is 4.98 Å². The number of nitrogens with zero attached hydrogens (tertiary/aromatic N) is 4. The van der Waals surface area contributed by atoms with E-state index in [1.54, 1.807) is 24.3 Å². The van der Waals surface area contributed by atoms with Gasteiger partial charge in [0.2, 0.25) is 16.0 Å². The Morgan fingerprint density at radius 3 is 2.21 bits per heavy atom. The van der Waals surface area contributed by atoms with Crippen molar-refractivity contribution in [2.45, 2.75) is 25.3 Å². The van der Waals surface area contributed by atoms with Crippen LogP contribution >= 0.6 is 0 Å². The number of aromatic nitrogens is 3. The summed E-state index contributed by atoms with van der Waals surface area (Å²) in [7, 11) is -3.73. The van der Waals surface area contributed by atoms with Gasteiger partial charge in [-0.1, -0.05) is 12.1 Å². The Morgan fingerprint density at radius 2 is 1.59 bits per heavy atom. The van der Waals surface area contributed by atoms with E-state index in [2.05, 4.69) is 15.2 Å². The first-order valence-corrected chi connectivity index (χ1v) is 12.4. The summed E-state index contributed by atoms with van der Waals surface area (Å²) in [4.78, 5) is 16.3. The third kappa shape index (κ3) is 5.13. The Balaban J connectivity index is 1.68. The summed E-state index contributed by atoms with van der Waals surface area (Å²) in [6, 6.07) is 16.2. The molecule has 2 aromatic heterocycles. The van der Waals surface area contributed by atoms with Gasteiger partial charge < -0.3 is 10.2 Å². The smallest absolute Gasteiger partial charge is 0.238 e. The van der Waals surface area contributed by atoms with Crippen LogP contribution in [-0.4, -0.2) is 36.5 Å². The first kappa shape index (κ1) is 23.5. The van der Waals surface area contributed by atoms with Crippen LogP contribution in [0.4, 0.5) is 16.2 Å². The van der Waals surface area contributed by atoms with E-state index in [0.29, 0.717) is 35.0 Å². The lowest BCUT2D eigenvalue weighted by molar-refractivity contribution is 0.597. The van der Waals surface area contributed by atoms with Crippen LogP contribution in [0.2, 0.25) is 0 Å². The Labute approximate surface area is 197 Å². The van der Waals surface area contributed by atoms with Crippen molar-refractivity contribution in [3.63, 3.8) is 0 Å². The Morgan fingerprint density at radius 1 is 0.912 bits per heavy atom. The highest BCUT2D eigenvalue weighted by Gasteiger charge is 2.15. The maximum atomic E-state index is 13.3. The van der Waals surface area contributed by atoms with Crippen molar-refractivity contribution < 1.29 is 12.8 Å².